The third-order valence-electron chi connectivity index (χ3n) is 3.44. The minimum absolute atomic E-state index is 1.23. The molecule has 0 saturated heterocycles. The lowest BCUT2D eigenvalue weighted by Gasteiger charge is -2.05. The molecule has 0 radical (unpaired) electrons. The average molecular weight is 372 g/mol. The Hall–Kier alpha value is -1.68. The molecule has 0 spiro atoms. The van der Waals surface area contributed by atoms with Gasteiger partial charge in [-0.05, 0) is 29.7 Å². The summed E-state index contributed by atoms with van der Waals surface area (Å²) in [7, 11) is 0. The summed E-state index contributed by atoms with van der Waals surface area (Å²) in [5.74, 6) is 0. The van der Waals surface area contributed by atoms with Crippen LogP contribution in [-0.2, 0) is 0 Å². The van der Waals surface area contributed by atoms with Crippen LogP contribution in [0.4, 0.5) is 0 Å². The minimum atomic E-state index is 1.23. The van der Waals surface area contributed by atoms with Crippen molar-refractivity contribution in [3.63, 3.8) is 0 Å². The summed E-state index contributed by atoms with van der Waals surface area (Å²) >= 11 is 2.33. The standard InChI is InChI=1S/C18H15IN/c1-14-7-5-6-10-17(14)18-13-16(11-12-20(18)19)15-8-3-2-4-9-15/h2-13H,1H3/q+1. The second-order valence-electron chi connectivity index (χ2n) is 4.79. The molecule has 0 aliphatic heterocycles. The Balaban J connectivity index is 2.15. The number of hydrogen-bond acceptors (Lipinski definition) is 0. The predicted octanol–water partition coefficient (Wildman–Crippen LogP) is 4.81. The maximum absolute atomic E-state index is 2.33. The number of aryl methyl sites for hydroxylation is 1. The van der Waals surface area contributed by atoms with Gasteiger partial charge >= 0.3 is 22.9 Å². The van der Waals surface area contributed by atoms with Gasteiger partial charge in [0.05, 0.1) is 0 Å². The zero-order valence-corrected chi connectivity index (χ0v) is 13.4. The number of pyridine rings is 1. The van der Waals surface area contributed by atoms with Crippen LogP contribution in [0, 0.1) is 6.92 Å². The third-order valence-corrected chi connectivity index (χ3v) is 4.28. The molecule has 1 aromatic heterocycles. The molecule has 1 heterocycles. The zero-order chi connectivity index (χ0) is 13.9. The predicted molar refractivity (Wildman–Crippen MR) is 91.7 cm³/mol. The highest BCUT2D eigenvalue weighted by molar-refractivity contribution is 14.1. The van der Waals surface area contributed by atoms with Crippen molar-refractivity contribution in [2.45, 2.75) is 6.92 Å². The maximum atomic E-state index is 2.33. The number of aromatic nitrogens is 1. The molecule has 3 rings (SSSR count). The SMILES string of the molecule is Cc1ccccc1-c1cc(-c2ccccc2)cc[n+]1I. The molecule has 0 bridgehead atoms. The highest BCUT2D eigenvalue weighted by Gasteiger charge is 2.14. The molecule has 3 aromatic rings. The van der Waals surface area contributed by atoms with Crippen molar-refractivity contribution in [3.05, 3.63) is 78.5 Å². The fraction of sp³-hybridized carbons (Fsp3) is 0.0556. The fourth-order valence-corrected chi connectivity index (χ4v) is 2.91. The summed E-state index contributed by atoms with van der Waals surface area (Å²) in [5, 5.41) is 0. The Morgan fingerprint density at radius 2 is 1.50 bits per heavy atom. The number of hydrogen-bond donors (Lipinski definition) is 0. The summed E-state index contributed by atoms with van der Waals surface area (Å²) in [6.07, 6.45) is 2.12. The highest BCUT2D eigenvalue weighted by Crippen LogP contribution is 2.26. The highest BCUT2D eigenvalue weighted by atomic mass is 127. The zero-order valence-electron chi connectivity index (χ0n) is 11.3. The van der Waals surface area contributed by atoms with E-state index in [9.17, 15) is 0 Å². The Kier molecular flexibility index (Phi) is 3.83. The summed E-state index contributed by atoms with van der Waals surface area (Å²) in [5.41, 5.74) is 6.30. The van der Waals surface area contributed by atoms with Crippen molar-refractivity contribution < 1.29 is 2.78 Å². The van der Waals surface area contributed by atoms with E-state index in [4.69, 9.17) is 0 Å². The van der Waals surface area contributed by atoms with Crippen molar-refractivity contribution in [2.24, 2.45) is 0 Å². The van der Waals surface area contributed by atoms with Gasteiger partial charge in [-0.2, -0.15) is 0 Å². The molecular weight excluding hydrogens is 357 g/mol. The van der Waals surface area contributed by atoms with Gasteiger partial charge in [0.25, 0.3) is 0 Å². The molecule has 2 heteroatoms. The lowest BCUT2D eigenvalue weighted by molar-refractivity contribution is -0.427. The van der Waals surface area contributed by atoms with E-state index < -0.39 is 0 Å². The first-order chi connectivity index (χ1) is 9.75. The Morgan fingerprint density at radius 1 is 0.800 bits per heavy atom. The fourth-order valence-electron chi connectivity index (χ4n) is 2.35. The van der Waals surface area contributed by atoms with Gasteiger partial charge in [-0.3, -0.25) is 0 Å². The van der Waals surface area contributed by atoms with Crippen molar-refractivity contribution in [1.82, 2.24) is 0 Å². The van der Waals surface area contributed by atoms with Crippen LogP contribution in [0.5, 0.6) is 0 Å². The van der Waals surface area contributed by atoms with Crippen LogP contribution < -0.4 is 2.78 Å². The summed E-state index contributed by atoms with van der Waals surface area (Å²) < 4.78 is 2.15. The van der Waals surface area contributed by atoms with Crippen LogP contribution in [0.25, 0.3) is 22.4 Å². The second kappa shape index (κ2) is 5.75. The van der Waals surface area contributed by atoms with E-state index in [0.717, 1.165) is 0 Å². The molecule has 98 valence electrons. The molecule has 0 N–H and O–H groups in total. The van der Waals surface area contributed by atoms with Crippen LogP contribution >= 0.6 is 22.9 Å². The first kappa shape index (κ1) is 13.3. The Morgan fingerprint density at radius 3 is 2.25 bits per heavy atom. The van der Waals surface area contributed by atoms with E-state index in [0.29, 0.717) is 0 Å². The van der Waals surface area contributed by atoms with Crippen molar-refractivity contribution in [3.8, 4) is 22.4 Å². The maximum Gasteiger partial charge on any atom is 0.354 e. The second-order valence-corrected chi connectivity index (χ2v) is 5.83. The van der Waals surface area contributed by atoms with E-state index in [1.807, 2.05) is 6.07 Å². The van der Waals surface area contributed by atoms with E-state index in [1.165, 1.54) is 27.9 Å². The topological polar surface area (TPSA) is 3.88 Å². The molecule has 20 heavy (non-hydrogen) atoms. The van der Waals surface area contributed by atoms with Gasteiger partial charge in [0.15, 0.2) is 6.20 Å². The number of halogens is 1. The molecule has 2 aromatic carbocycles. The molecule has 0 saturated carbocycles. The summed E-state index contributed by atoms with van der Waals surface area (Å²) in [4.78, 5) is 0. The quantitative estimate of drug-likeness (QED) is 0.569. The molecule has 0 amide bonds. The van der Waals surface area contributed by atoms with Crippen molar-refractivity contribution >= 4 is 22.9 Å². The molecule has 0 aliphatic rings. The largest absolute Gasteiger partial charge is 0.354 e. The smallest absolute Gasteiger partial charge is 0.136 e. The molecular formula is C18H15IN+. The van der Waals surface area contributed by atoms with Gasteiger partial charge in [-0.25, -0.2) is 0 Å². The summed E-state index contributed by atoms with van der Waals surface area (Å²) in [6.45, 7) is 2.15. The van der Waals surface area contributed by atoms with E-state index in [1.54, 1.807) is 0 Å². The molecule has 0 unspecified atom stereocenters. The first-order valence-corrected chi connectivity index (χ1v) is 7.55. The van der Waals surface area contributed by atoms with Gasteiger partial charge < -0.3 is 0 Å². The number of benzene rings is 2. The average Bonchev–Trinajstić information content (AvgIpc) is 2.49. The van der Waals surface area contributed by atoms with E-state index in [-0.39, 0.29) is 0 Å². The number of rotatable bonds is 2. The van der Waals surface area contributed by atoms with E-state index in [2.05, 4.69) is 99.4 Å². The van der Waals surface area contributed by atoms with Crippen LogP contribution in [-0.4, -0.2) is 0 Å². The third kappa shape index (κ3) is 2.61. The van der Waals surface area contributed by atoms with Gasteiger partial charge in [-0.1, -0.05) is 48.5 Å². The first-order valence-electron chi connectivity index (χ1n) is 6.59. The minimum Gasteiger partial charge on any atom is -0.136 e. The monoisotopic (exact) mass is 372 g/mol. The van der Waals surface area contributed by atoms with E-state index >= 15 is 0 Å². The molecule has 0 fully saturated rings. The molecule has 0 atom stereocenters. The van der Waals surface area contributed by atoms with Gasteiger partial charge in [0.1, 0.15) is 0 Å². The lowest BCUT2D eigenvalue weighted by atomic mass is 10.0. The van der Waals surface area contributed by atoms with Gasteiger partial charge in [-0.15, -0.1) is 2.78 Å². The van der Waals surface area contributed by atoms with Gasteiger partial charge in [0, 0.05) is 17.7 Å². The normalized spacial score (nSPS) is 10.5. The molecule has 1 nitrogen and oxygen atoms in total. The number of nitrogens with zero attached hydrogens (tertiary/aromatic N) is 1. The van der Waals surface area contributed by atoms with Crippen LogP contribution in [0.3, 0.4) is 0 Å². The van der Waals surface area contributed by atoms with Crippen LogP contribution in [0.2, 0.25) is 0 Å². The van der Waals surface area contributed by atoms with Crippen LogP contribution in [0.15, 0.2) is 72.9 Å². The van der Waals surface area contributed by atoms with Crippen molar-refractivity contribution in [1.29, 1.82) is 0 Å². The van der Waals surface area contributed by atoms with Crippen LogP contribution in [0.1, 0.15) is 5.56 Å². The Labute approximate surface area is 133 Å². The summed E-state index contributed by atoms with van der Waals surface area (Å²) in [6, 6.07) is 23.4. The molecule has 0 aliphatic carbocycles. The van der Waals surface area contributed by atoms with Crippen molar-refractivity contribution in [2.75, 3.05) is 0 Å². The Bertz CT molecular complexity index is 735. The lowest BCUT2D eigenvalue weighted by Crippen LogP contribution is -2.22. The van der Waals surface area contributed by atoms with Gasteiger partial charge in [0.2, 0.25) is 5.69 Å².